The van der Waals surface area contributed by atoms with Gasteiger partial charge >= 0.3 is 0 Å². The maximum Gasteiger partial charge on any atom is 0.0890 e. The Morgan fingerprint density at radius 3 is 2.68 bits per heavy atom. The van der Waals surface area contributed by atoms with Crippen LogP contribution in [0.25, 0.3) is 11.0 Å². The van der Waals surface area contributed by atoms with Crippen molar-refractivity contribution in [2.45, 2.75) is 12.5 Å². The second-order valence-electron chi connectivity index (χ2n) is 4.60. The van der Waals surface area contributed by atoms with E-state index in [-0.39, 0.29) is 6.04 Å². The van der Waals surface area contributed by atoms with Gasteiger partial charge < -0.3 is 5.73 Å². The molecule has 2 aromatic heterocycles. The van der Waals surface area contributed by atoms with E-state index in [1.54, 1.807) is 17.1 Å². The monoisotopic (exact) mass is 253 g/mol. The van der Waals surface area contributed by atoms with Crippen LogP contribution in [0.15, 0.2) is 42.9 Å². The highest BCUT2D eigenvalue weighted by Gasteiger charge is 2.10. The van der Waals surface area contributed by atoms with Crippen LogP contribution in [0.2, 0.25) is 0 Å². The van der Waals surface area contributed by atoms with E-state index in [9.17, 15) is 0 Å². The molecule has 2 N–H and O–H groups in total. The van der Waals surface area contributed by atoms with E-state index >= 15 is 0 Å². The molecule has 3 aromatic rings. The number of hydrogen-bond acceptors (Lipinski definition) is 4. The quantitative estimate of drug-likeness (QED) is 0.769. The van der Waals surface area contributed by atoms with Gasteiger partial charge in [-0.1, -0.05) is 6.07 Å². The van der Waals surface area contributed by atoms with Crippen LogP contribution in [0, 0.1) is 0 Å². The van der Waals surface area contributed by atoms with Crippen LogP contribution in [-0.4, -0.2) is 19.7 Å². The van der Waals surface area contributed by atoms with Gasteiger partial charge in [0.2, 0.25) is 0 Å². The van der Waals surface area contributed by atoms with Crippen molar-refractivity contribution in [1.82, 2.24) is 19.7 Å². The average Bonchev–Trinajstić information content (AvgIpc) is 2.83. The lowest BCUT2D eigenvalue weighted by Gasteiger charge is -2.10. The van der Waals surface area contributed by atoms with Crippen LogP contribution in [0.1, 0.15) is 17.3 Å². The molecule has 1 aromatic carbocycles. The first-order valence-electron chi connectivity index (χ1n) is 6.17. The summed E-state index contributed by atoms with van der Waals surface area (Å²) in [6.45, 7) is 0. The molecule has 1 atom stereocenters. The standard InChI is InChI=1S/C14H15N5/c1-19-7-4-11(18-19)9-12(15)10-2-3-13-14(8-10)17-6-5-16-13/h2-8,12H,9,15H2,1H3. The maximum absolute atomic E-state index is 6.23. The summed E-state index contributed by atoms with van der Waals surface area (Å²) in [4.78, 5) is 8.55. The highest BCUT2D eigenvalue weighted by Crippen LogP contribution is 2.18. The Labute approximate surface area is 111 Å². The minimum absolute atomic E-state index is 0.0821. The van der Waals surface area contributed by atoms with Crippen molar-refractivity contribution < 1.29 is 0 Å². The Bertz CT molecular complexity index is 704. The number of nitrogens with two attached hydrogens (primary N) is 1. The summed E-state index contributed by atoms with van der Waals surface area (Å²) in [5.41, 5.74) is 10.0. The van der Waals surface area contributed by atoms with Gasteiger partial charge in [0.15, 0.2) is 0 Å². The predicted molar refractivity (Wildman–Crippen MR) is 73.4 cm³/mol. The summed E-state index contributed by atoms with van der Waals surface area (Å²) >= 11 is 0. The van der Waals surface area contributed by atoms with Gasteiger partial charge in [0.25, 0.3) is 0 Å². The summed E-state index contributed by atoms with van der Waals surface area (Å²) in [6.07, 6.45) is 6.02. The Hall–Kier alpha value is -2.27. The van der Waals surface area contributed by atoms with E-state index in [4.69, 9.17) is 5.73 Å². The van der Waals surface area contributed by atoms with Crippen LogP contribution in [0.5, 0.6) is 0 Å². The highest BCUT2D eigenvalue weighted by molar-refractivity contribution is 5.74. The zero-order chi connectivity index (χ0) is 13.2. The van der Waals surface area contributed by atoms with E-state index in [2.05, 4.69) is 15.1 Å². The molecular weight excluding hydrogens is 238 g/mol. The summed E-state index contributed by atoms with van der Waals surface area (Å²) in [7, 11) is 1.90. The van der Waals surface area contributed by atoms with Gasteiger partial charge in [-0.05, 0) is 23.8 Å². The molecule has 5 heteroatoms. The third kappa shape index (κ3) is 2.46. The number of nitrogens with zero attached hydrogens (tertiary/aromatic N) is 4. The van der Waals surface area contributed by atoms with Gasteiger partial charge in [-0.2, -0.15) is 5.10 Å². The fourth-order valence-corrected chi connectivity index (χ4v) is 2.13. The van der Waals surface area contributed by atoms with E-state index in [1.165, 1.54) is 0 Å². The number of fused-ring (bicyclic) bond motifs is 1. The molecule has 96 valence electrons. The van der Waals surface area contributed by atoms with Crippen LogP contribution >= 0.6 is 0 Å². The molecular formula is C14H15N5. The van der Waals surface area contributed by atoms with E-state index in [0.717, 1.165) is 22.3 Å². The van der Waals surface area contributed by atoms with Gasteiger partial charge in [0.1, 0.15) is 0 Å². The smallest absolute Gasteiger partial charge is 0.0890 e. The molecule has 0 radical (unpaired) electrons. The molecule has 0 spiro atoms. The van der Waals surface area contributed by atoms with Crippen molar-refractivity contribution in [3.63, 3.8) is 0 Å². The van der Waals surface area contributed by atoms with Crippen molar-refractivity contribution in [3.8, 4) is 0 Å². The fourth-order valence-electron chi connectivity index (χ4n) is 2.13. The third-order valence-corrected chi connectivity index (χ3v) is 3.12. The van der Waals surface area contributed by atoms with Crippen LogP contribution in [-0.2, 0) is 13.5 Å². The minimum atomic E-state index is -0.0821. The highest BCUT2D eigenvalue weighted by atomic mass is 15.2. The average molecular weight is 253 g/mol. The van der Waals surface area contributed by atoms with E-state index in [1.807, 2.05) is 37.5 Å². The molecule has 0 aliphatic rings. The largest absolute Gasteiger partial charge is 0.324 e. The molecule has 2 heterocycles. The molecule has 19 heavy (non-hydrogen) atoms. The number of hydrogen-bond donors (Lipinski definition) is 1. The Balaban J connectivity index is 1.86. The molecule has 0 fully saturated rings. The minimum Gasteiger partial charge on any atom is -0.324 e. The lowest BCUT2D eigenvalue weighted by molar-refractivity contribution is 0.676. The van der Waals surface area contributed by atoms with Crippen molar-refractivity contribution in [1.29, 1.82) is 0 Å². The first-order chi connectivity index (χ1) is 9.22. The summed E-state index contributed by atoms with van der Waals surface area (Å²) in [5, 5.41) is 4.35. The van der Waals surface area contributed by atoms with Gasteiger partial charge in [-0.15, -0.1) is 0 Å². The number of aromatic nitrogens is 4. The van der Waals surface area contributed by atoms with Gasteiger partial charge in [0, 0.05) is 38.1 Å². The molecule has 0 saturated carbocycles. The van der Waals surface area contributed by atoms with Gasteiger partial charge in [-0.3, -0.25) is 14.6 Å². The normalized spacial score (nSPS) is 12.7. The first-order valence-corrected chi connectivity index (χ1v) is 6.17. The van der Waals surface area contributed by atoms with Gasteiger partial charge in [0.05, 0.1) is 16.7 Å². The molecule has 0 aliphatic heterocycles. The zero-order valence-corrected chi connectivity index (χ0v) is 10.7. The zero-order valence-electron chi connectivity index (χ0n) is 10.7. The van der Waals surface area contributed by atoms with Crippen LogP contribution in [0.3, 0.4) is 0 Å². The van der Waals surface area contributed by atoms with Crippen molar-refractivity contribution in [2.75, 3.05) is 0 Å². The predicted octanol–water partition coefficient (Wildman–Crippen LogP) is 1.61. The molecule has 0 saturated heterocycles. The molecule has 0 aliphatic carbocycles. The summed E-state index contributed by atoms with van der Waals surface area (Å²) in [5.74, 6) is 0. The van der Waals surface area contributed by atoms with E-state index in [0.29, 0.717) is 6.42 Å². The Morgan fingerprint density at radius 1 is 1.16 bits per heavy atom. The van der Waals surface area contributed by atoms with Crippen LogP contribution in [0.4, 0.5) is 0 Å². The molecule has 1 unspecified atom stereocenters. The molecule has 0 amide bonds. The topological polar surface area (TPSA) is 69.6 Å². The maximum atomic E-state index is 6.23. The van der Waals surface area contributed by atoms with Crippen molar-refractivity contribution in [3.05, 3.63) is 54.1 Å². The number of aryl methyl sites for hydroxylation is 1. The lowest BCUT2D eigenvalue weighted by atomic mass is 10.0. The van der Waals surface area contributed by atoms with Gasteiger partial charge in [-0.25, -0.2) is 0 Å². The van der Waals surface area contributed by atoms with E-state index < -0.39 is 0 Å². The number of benzene rings is 1. The summed E-state index contributed by atoms with van der Waals surface area (Å²) < 4.78 is 1.79. The second kappa shape index (κ2) is 4.78. The Morgan fingerprint density at radius 2 is 1.95 bits per heavy atom. The first kappa shape index (κ1) is 11.8. The molecule has 3 rings (SSSR count). The van der Waals surface area contributed by atoms with Crippen LogP contribution < -0.4 is 5.73 Å². The fraction of sp³-hybridized carbons (Fsp3) is 0.214. The molecule has 0 bridgehead atoms. The second-order valence-corrected chi connectivity index (χ2v) is 4.60. The third-order valence-electron chi connectivity index (χ3n) is 3.12. The van der Waals surface area contributed by atoms with Crippen molar-refractivity contribution in [2.24, 2.45) is 12.8 Å². The summed E-state index contributed by atoms with van der Waals surface area (Å²) in [6, 6.07) is 7.86. The Kier molecular flexibility index (Phi) is 2.97. The lowest BCUT2D eigenvalue weighted by Crippen LogP contribution is -2.14. The van der Waals surface area contributed by atoms with Crippen molar-refractivity contribution >= 4 is 11.0 Å². The SMILES string of the molecule is Cn1ccc(CC(N)c2ccc3nccnc3c2)n1. The number of rotatable bonds is 3. The molecule has 5 nitrogen and oxygen atoms in total.